The third kappa shape index (κ3) is 4.65. The van der Waals surface area contributed by atoms with E-state index in [4.69, 9.17) is 4.74 Å². The fourth-order valence-corrected chi connectivity index (χ4v) is 3.97. The highest BCUT2D eigenvalue weighted by atomic mass is 16.5. The largest absolute Gasteiger partial charge is 0.494 e. The molecular weight excluding hydrogens is 356 g/mol. The second-order valence-corrected chi connectivity index (χ2v) is 7.54. The molecule has 146 valence electrons. The van der Waals surface area contributed by atoms with Crippen molar-refractivity contribution in [2.24, 2.45) is 5.92 Å². The first-order valence-corrected chi connectivity index (χ1v) is 10.4. The van der Waals surface area contributed by atoms with Crippen LogP contribution in [0, 0.1) is 5.92 Å². The molecule has 0 bridgehead atoms. The van der Waals surface area contributed by atoms with Gasteiger partial charge < -0.3 is 4.74 Å². The minimum Gasteiger partial charge on any atom is -0.494 e. The van der Waals surface area contributed by atoms with Gasteiger partial charge in [0.1, 0.15) is 5.75 Å². The van der Waals surface area contributed by atoms with E-state index >= 15 is 0 Å². The second-order valence-electron chi connectivity index (χ2n) is 7.54. The topological polar surface area (TPSA) is 26.3 Å². The van der Waals surface area contributed by atoms with Crippen molar-refractivity contribution in [1.82, 2.24) is 0 Å². The van der Waals surface area contributed by atoms with Gasteiger partial charge in [-0.1, -0.05) is 72.8 Å². The van der Waals surface area contributed by atoms with Gasteiger partial charge in [-0.25, -0.2) is 0 Å². The standard InChI is InChI=1S/C27H26O2/c1-2-29-26-16-14-23(15-17-26)22-10-12-24(13-11-22)27(28)25-9-8-21(19-25)18-20-6-4-3-5-7-20/h3-7,10-17,19,21H,2,8-9,18H2,1H3. The van der Waals surface area contributed by atoms with E-state index < -0.39 is 0 Å². The number of benzene rings is 3. The molecule has 3 aromatic carbocycles. The first kappa shape index (κ1) is 19.2. The minimum atomic E-state index is 0.166. The molecule has 0 spiro atoms. The first-order valence-electron chi connectivity index (χ1n) is 10.4. The van der Waals surface area contributed by atoms with E-state index in [-0.39, 0.29) is 5.78 Å². The maximum Gasteiger partial charge on any atom is 0.188 e. The molecule has 4 rings (SSSR count). The Morgan fingerprint density at radius 2 is 1.55 bits per heavy atom. The van der Waals surface area contributed by atoms with Gasteiger partial charge in [-0.3, -0.25) is 4.79 Å². The Kier molecular flexibility index (Phi) is 5.90. The molecule has 0 N–H and O–H groups in total. The van der Waals surface area contributed by atoms with Gasteiger partial charge in [0.15, 0.2) is 5.78 Å². The molecule has 0 aromatic heterocycles. The van der Waals surface area contributed by atoms with Crippen LogP contribution in [0.25, 0.3) is 11.1 Å². The van der Waals surface area contributed by atoms with E-state index in [1.54, 1.807) is 0 Å². The summed E-state index contributed by atoms with van der Waals surface area (Å²) in [6.45, 7) is 2.64. The van der Waals surface area contributed by atoms with E-state index in [9.17, 15) is 4.79 Å². The van der Waals surface area contributed by atoms with Crippen molar-refractivity contribution in [2.75, 3.05) is 6.61 Å². The lowest BCUT2D eigenvalue weighted by Crippen LogP contribution is -2.01. The lowest BCUT2D eigenvalue weighted by molar-refractivity contribution is 0.103. The summed E-state index contributed by atoms with van der Waals surface area (Å²) in [5.74, 6) is 1.50. The Balaban J connectivity index is 1.43. The summed E-state index contributed by atoms with van der Waals surface area (Å²) in [4.78, 5) is 12.9. The van der Waals surface area contributed by atoms with Gasteiger partial charge in [-0.2, -0.15) is 0 Å². The lowest BCUT2D eigenvalue weighted by Gasteiger charge is -2.07. The normalized spacial score (nSPS) is 15.8. The molecule has 3 aromatic rings. The third-order valence-corrected chi connectivity index (χ3v) is 5.50. The van der Waals surface area contributed by atoms with E-state index in [1.165, 1.54) is 5.56 Å². The number of hydrogen-bond acceptors (Lipinski definition) is 2. The maximum absolute atomic E-state index is 12.9. The molecule has 0 radical (unpaired) electrons. The smallest absolute Gasteiger partial charge is 0.188 e. The van der Waals surface area contributed by atoms with Crippen LogP contribution in [0.3, 0.4) is 0 Å². The molecule has 2 nitrogen and oxygen atoms in total. The van der Waals surface area contributed by atoms with Gasteiger partial charge in [0.25, 0.3) is 0 Å². The van der Waals surface area contributed by atoms with Crippen molar-refractivity contribution in [2.45, 2.75) is 26.2 Å². The Labute approximate surface area is 172 Å². The number of rotatable bonds is 7. The van der Waals surface area contributed by atoms with Gasteiger partial charge in [-0.05, 0) is 66.5 Å². The van der Waals surface area contributed by atoms with Crippen LogP contribution in [0.1, 0.15) is 35.7 Å². The molecule has 2 heteroatoms. The Bertz CT molecular complexity index is 983. The Morgan fingerprint density at radius 1 is 0.897 bits per heavy atom. The first-order chi connectivity index (χ1) is 14.2. The number of ether oxygens (including phenoxy) is 1. The number of hydrogen-bond donors (Lipinski definition) is 0. The van der Waals surface area contributed by atoms with E-state index in [0.717, 1.165) is 47.3 Å². The zero-order chi connectivity index (χ0) is 20.1. The summed E-state index contributed by atoms with van der Waals surface area (Å²) in [5.41, 5.74) is 5.29. The summed E-state index contributed by atoms with van der Waals surface area (Å²) < 4.78 is 5.50. The van der Waals surface area contributed by atoms with Crippen molar-refractivity contribution in [3.8, 4) is 16.9 Å². The lowest BCUT2D eigenvalue weighted by atomic mass is 9.99. The number of allylic oxidation sites excluding steroid dienone is 2. The predicted molar refractivity (Wildman–Crippen MR) is 118 cm³/mol. The summed E-state index contributed by atoms with van der Waals surface area (Å²) in [6.07, 6.45) is 5.13. The summed E-state index contributed by atoms with van der Waals surface area (Å²) in [6, 6.07) is 26.5. The van der Waals surface area contributed by atoms with Crippen LogP contribution < -0.4 is 4.74 Å². The molecule has 1 aliphatic rings. The van der Waals surface area contributed by atoms with Gasteiger partial charge in [0.05, 0.1) is 6.61 Å². The van der Waals surface area contributed by atoms with Gasteiger partial charge in [-0.15, -0.1) is 0 Å². The van der Waals surface area contributed by atoms with E-state index in [2.05, 4.69) is 42.5 Å². The summed E-state index contributed by atoms with van der Waals surface area (Å²) >= 11 is 0. The second kappa shape index (κ2) is 8.91. The molecule has 0 saturated carbocycles. The molecule has 0 aliphatic heterocycles. The Hall–Kier alpha value is -3.13. The Morgan fingerprint density at radius 3 is 2.21 bits per heavy atom. The highest BCUT2D eigenvalue weighted by Crippen LogP contribution is 2.30. The average molecular weight is 383 g/mol. The summed E-state index contributed by atoms with van der Waals surface area (Å²) in [7, 11) is 0. The zero-order valence-corrected chi connectivity index (χ0v) is 16.8. The van der Waals surface area contributed by atoms with Crippen LogP contribution in [0.5, 0.6) is 5.75 Å². The predicted octanol–water partition coefficient (Wildman–Crippen LogP) is 6.51. The van der Waals surface area contributed by atoms with Gasteiger partial charge in [0, 0.05) is 5.56 Å². The van der Waals surface area contributed by atoms with Gasteiger partial charge in [0.2, 0.25) is 0 Å². The van der Waals surface area contributed by atoms with E-state index in [1.807, 2.05) is 49.4 Å². The number of carbonyl (C=O) groups is 1. The highest BCUT2D eigenvalue weighted by molar-refractivity contribution is 6.09. The molecule has 1 atom stereocenters. The molecule has 0 heterocycles. The minimum absolute atomic E-state index is 0.166. The van der Waals surface area contributed by atoms with Crippen LogP contribution in [0.15, 0.2) is 90.5 Å². The molecule has 0 fully saturated rings. The average Bonchev–Trinajstić information content (AvgIpc) is 3.23. The summed E-state index contributed by atoms with van der Waals surface area (Å²) in [5, 5.41) is 0. The molecule has 0 amide bonds. The van der Waals surface area contributed by atoms with Crippen LogP contribution in [-0.2, 0) is 6.42 Å². The maximum atomic E-state index is 12.9. The molecule has 29 heavy (non-hydrogen) atoms. The molecule has 1 unspecified atom stereocenters. The third-order valence-electron chi connectivity index (χ3n) is 5.50. The molecule has 1 aliphatic carbocycles. The quantitative estimate of drug-likeness (QED) is 0.435. The SMILES string of the molecule is CCOc1ccc(-c2ccc(C(=O)C3=CC(Cc4ccccc4)CC3)cc2)cc1. The van der Waals surface area contributed by atoms with Crippen molar-refractivity contribution < 1.29 is 9.53 Å². The molecular formula is C27H26O2. The van der Waals surface area contributed by atoms with Crippen LogP contribution in [0.4, 0.5) is 0 Å². The van der Waals surface area contributed by atoms with Crippen molar-refractivity contribution in [3.05, 3.63) is 102 Å². The van der Waals surface area contributed by atoms with E-state index in [0.29, 0.717) is 12.5 Å². The zero-order valence-electron chi connectivity index (χ0n) is 16.8. The number of Topliss-reactive ketones (excluding diaryl/α,β-unsaturated/α-hetero) is 1. The van der Waals surface area contributed by atoms with Gasteiger partial charge >= 0.3 is 0 Å². The van der Waals surface area contributed by atoms with Crippen molar-refractivity contribution in [1.29, 1.82) is 0 Å². The van der Waals surface area contributed by atoms with Crippen LogP contribution in [0.2, 0.25) is 0 Å². The van der Waals surface area contributed by atoms with Crippen LogP contribution >= 0.6 is 0 Å². The number of ketones is 1. The molecule has 0 saturated heterocycles. The van der Waals surface area contributed by atoms with Crippen molar-refractivity contribution >= 4 is 5.78 Å². The van der Waals surface area contributed by atoms with Crippen LogP contribution in [-0.4, -0.2) is 12.4 Å². The fourth-order valence-electron chi connectivity index (χ4n) is 3.97. The highest BCUT2D eigenvalue weighted by Gasteiger charge is 2.22. The monoisotopic (exact) mass is 382 g/mol. The number of carbonyl (C=O) groups excluding carboxylic acids is 1. The fraction of sp³-hybridized carbons (Fsp3) is 0.222. The van der Waals surface area contributed by atoms with Crippen molar-refractivity contribution in [3.63, 3.8) is 0 Å².